The fraction of sp³-hybridized carbons (Fsp3) is 1.00. The first-order valence-electron chi connectivity index (χ1n) is 7.68. The maximum atomic E-state index is 3.59. The Labute approximate surface area is 110 Å². The molecule has 0 saturated heterocycles. The Morgan fingerprint density at radius 2 is 1.53 bits per heavy atom. The van der Waals surface area contributed by atoms with E-state index in [1.807, 2.05) is 0 Å². The van der Waals surface area contributed by atoms with Gasteiger partial charge in [0.05, 0.1) is 0 Å². The van der Waals surface area contributed by atoms with Crippen LogP contribution in [0.3, 0.4) is 0 Å². The van der Waals surface area contributed by atoms with Crippen molar-refractivity contribution in [3.05, 3.63) is 0 Å². The van der Waals surface area contributed by atoms with Crippen molar-refractivity contribution in [2.75, 3.05) is 13.1 Å². The van der Waals surface area contributed by atoms with Crippen molar-refractivity contribution in [1.82, 2.24) is 5.32 Å². The van der Waals surface area contributed by atoms with Crippen LogP contribution in [0.4, 0.5) is 0 Å². The second-order valence-electron chi connectivity index (χ2n) is 6.71. The number of nitrogens with one attached hydrogen (secondary N) is 1. The maximum Gasteiger partial charge on any atom is 0.000263 e. The Morgan fingerprint density at radius 1 is 0.941 bits per heavy atom. The zero-order chi connectivity index (χ0) is 13.1. The van der Waals surface area contributed by atoms with Crippen molar-refractivity contribution >= 4 is 0 Å². The molecule has 0 amide bonds. The van der Waals surface area contributed by atoms with Gasteiger partial charge in [-0.25, -0.2) is 0 Å². The fourth-order valence-corrected chi connectivity index (χ4v) is 2.17. The summed E-state index contributed by atoms with van der Waals surface area (Å²) in [5.74, 6) is 0.764. The Hall–Kier alpha value is -0.0400. The zero-order valence-electron chi connectivity index (χ0n) is 12.9. The minimum absolute atomic E-state index is 0.472. The monoisotopic (exact) mass is 241 g/mol. The van der Waals surface area contributed by atoms with Gasteiger partial charge in [0.25, 0.3) is 0 Å². The molecule has 0 heterocycles. The van der Waals surface area contributed by atoms with Crippen molar-refractivity contribution in [2.45, 2.75) is 79.6 Å². The third kappa shape index (κ3) is 12.2. The average molecular weight is 241 g/mol. The maximum absolute atomic E-state index is 3.59. The van der Waals surface area contributed by atoms with Gasteiger partial charge in [-0.05, 0) is 24.3 Å². The molecule has 17 heavy (non-hydrogen) atoms. The number of hydrogen-bond acceptors (Lipinski definition) is 1. The second-order valence-corrected chi connectivity index (χ2v) is 6.71. The smallest absolute Gasteiger partial charge is 0.000263 e. The predicted molar refractivity (Wildman–Crippen MR) is 79.5 cm³/mol. The molecule has 1 N–H and O–H groups in total. The highest BCUT2D eigenvalue weighted by molar-refractivity contribution is 4.71. The van der Waals surface area contributed by atoms with Crippen molar-refractivity contribution < 1.29 is 0 Å². The summed E-state index contributed by atoms with van der Waals surface area (Å²) in [4.78, 5) is 0. The van der Waals surface area contributed by atoms with E-state index in [1.165, 1.54) is 51.5 Å². The van der Waals surface area contributed by atoms with E-state index in [0.717, 1.165) is 12.5 Å². The Morgan fingerprint density at radius 3 is 2.12 bits per heavy atom. The molecule has 0 saturated carbocycles. The van der Waals surface area contributed by atoms with Crippen LogP contribution < -0.4 is 5.32 Å². The van der Waals surface area contributed by atoms with E-state index in [0.29, 0.717) is 5.41 Å². The molecule has 0 fully saturated rings. The molecule has 1 heteroatoms. The number of unbranched alkanes of at least 4 members (excludes halogenated alkanes) is 5. The van der Waals surface area contributed by atoms with E-state index in [2.05, 4.69) is 39.9 Å². The van der Waals surface area contributed by atoms with E-state index in [-0.39, 0.29) is 0 Å². The van der Waals surface area contributed by atoms with Gasteiger partial charge >= 0.3 is 0 Å². The van der Waals surface area contributed by atoms with E-state index in [9.17, 15) is 0 Å². The molecule has 0 radical (unpaired) electrons. The van der Waals surface area contributed by atoms with Crippen LogP contribution in [0.5, 0.6) is 0 Å². The predicted octanol–water partition coefficient (Wildman–Crippen LogP) is 5.01. The molecular weight excluding hydrogens is 206 g/mol. The number of hydrogen-bond donors (Lipinski definition) is 1. The van der Waals surface area contributed by atoms with E-state index < -0.39 is 0 Å². The SMILES string of the molecule is CCCCCCCCC(C)(C)CNCC(C)C. The summed E-state index contributed by atoms with van der Waals surface area (Å²) in [6.45, 7) is 13.9. The van der Waals surface area contributed by atoms with Crippen LogP contribution in [0.15, 0.2) is 0 Å². The first-order chi connectivity index (χ1) is 7.98. The van der Waals surface area contributed by atoms with Crippen molar-refractivity contribution in [2.24, 2.45) is 11.3 Å². The zero-order valence-corrected chi connectivity index (χ0v) is 12.9. The topological polar surface area (TPSA) is 12.0 Å². The van der Waals surface area contributed by atoms with Gasteiger partial charge in [0, 0.05) is 6.54 Å². The summed E-state index contributed by atoms with van der Waals surface area (Å²) in [5.41, 5.74) is 0.472. The molecule has 0 rings (SSSR count). The van der Waals surface area contributed by atoms with Gasteiger partial charge in [-0.3, -0.25) is 0 Å². The van der Waals surface area contributed by atoms with Gasteiger partial charge in [-0.1, -0.05) is 73.1 Å². The van der Waals surface area contributed by atoms with Gasteiger partial charge in [0.15, 0.2) is 0 Å². The summed E-state index contributed by atoms with van der Waals surface area (Å²) in [7, 11) is 0. The molecule has 0 aromatic carbocycles. The highest BCUT2D eigenvalue weighted by Gasteiger charge is 2.16. The molecule has 0 bridgehead atoms. The van der Waals surface area contributed by atoms with Crippen LogP contribution in [0.2, 0.25) is 0 Å². The average Bonchev–Trinajstić information content (AvgIpc) is 2.22. The second kappa shape index (κ2) is 9.94. The fourth-order valence-electron chi connectivity index (χ4n) is 2.17. The largest absolute Gasteiger partial charge is 0.316 e. The van der Waals surface area contributed by atoms with Crippen LogP contribution in [-0.2, 0) is 0 Å². The number of rotatable bonds is 11. The summed E-state index contributed by atoms with van der Waals surface area (Å²) in [5, 5.41) is 3.59. The van der Waals surface area contributed by atoms with Crippen molar-refractivity contribution in [3.8, 4) is 0 Å². The van der Waals surface area contributed by atoms with Crippen LogP contribution in [0.25, 0.3) is 0 Å². The van der Waals surface area contributed by atoms with E-state index in [4.69, 9.17) is 0 Å². The summed E-state index contributed by atoms with van der Waals surface area (Å²) in [6.07, 6.45) is 9.83. The molecule has 0 aromatic rings. The van der Waals surface area contributed by atoms with Crippen LogP contribution in [0.1, 0.15) is 79.6 Å². The molecule has 0 aromatic heterocycles. The summed E-state index contributed by atoms with van der Waals surface area (Å²) in [6, 6.07) is 0. The third-order valence-corrected chi connectivity index (χ3v) is 3.36. The quantitative estimate of drug-likeness (QED) is 0.501. The highest BCUT2D eigenvalue weighted by atomic mass is 14.9. The van der Waals surface area contributed by atoms with Crippen LogP contribution >= 0.6 is 0 Å². The Kier molecular flexibility index (Phi) is 9.91. The molecule has 104 valence electrons. The van der Waals surface area contributed by atoms with Crippen LogP contribution in [0, 0.1) is 11.3 Å². The molecular formula is C16H35N. The lowest BCUT2D eigenvalue weighted by Gasteiger charge is -2.25. The van der Waals surface area contributed by atoms with Gasteiger partial charge < -0.3 is 5.32 Å². The standard InChI is InChI=1S/C16H35N/c1-6-7-8-9-10-11-12-16(4,5)14-17-13-15(2)3/h15,17H,6-14H2,1-5H3. The van der Waals surface area contributed by atoms with Gasteiger partial charge in [0.2, 0.25) is 0 Å². The summed E-state index contributed by atoms with van der Waals surface area (Å²) >= 11 is 0. The lowest BCUT2D eigenvalue weighted by atomic mass is 9.86. The van der Waals surface area contributed by atoms with Crippen LogP contribution in [-0.4, -0.2) is 13.1 Å². The van der Waals surface area contributed by atoms with Gasteiger partial charge in [-0.2, -0.15) is 0 Å². The molecule has 0 aliphatic carbocycles. The molecule has 1 nitrogen and oxygen atoms in total. The Balaban J connectivity index is 3.43. The van der Waals surface area contributed by atoms with Crippen molar-refractivity contribution in [3.63, 3.8) is 0 Å². The van der Waals surface area contributed by atoms with Gasteiger partial charge in [0.1, 0.15) is 0 Å². The first-order valence-corrected chi connectivity index (χ1v) is 7.68. The third-order valence-electron chi connectivity index (χ3n) is 3.36. The molecule has 0 spiro atoms. The van der Waals surface area contributed by atoms with E-state index in [1.54, 1.807) is 0 Å². The van der Waals surface area contributed by atoms with E-state index >= 15 is 0 Å². The minimum Gasteiger partial charge on any atom is -0.316 e. The first kappa shape index (κ1) is 17.0. The molecule has 0 atom stereocenters. The highest BCUT2D eigenvalue weighted by Crippen LogP contribution is 2.23. The minimum atomic E-state index is 0.472. The van der Waals surface area contributed by atoms with Crippen molar-refractivity contribution in [1.29, 1.82) is 0 Å². The molecule has 0 aliphatic heterocycles. The molecule has 0 aliphatic rings. The van der Waals surface area contributed by atoms with Gasteiger partial charge in [-0.15, -0.1) is 0 Å². The lowest BCUT2D eigenvalue weighted by molar-refractivity contribution is 0.296. The Bertz CT molecular complexity index is 161. The normalized spacial score (nSPS) is 12.4. The lowest BCUT2D eigenvalue weighted by Crippen LogP contribution is -2.31. The summed E-state index contributed by atoms with van der Waals surface area (Å²) < 4.78 is 0. The molecule has 0 unspecified atom stereocenters.